The Hall–Kier alpha value is -2.53. The van der Waals surface area contributed by atoms with Crippen LogP contribution in [0.4, 0.5) is 5.69 Å². The average Bonchev–Trinajstić information content (AvgIpc) is 2.76. The number of rotatable bonds is 11. The summed E-state index contributed by atoms with van der Waals surface area (Å²) >= 11 is 6.40. The zero-order valence-electron chi connectivity index (χ0n) is 17.9. The highest BCUT2D eigenvalue weighted by Crippen LogP contribution is 2.34. The van der Waals surface area contributed by atoms with Crippen molar-refractivity contribution in [2.24, 2.45) is 0 Å². The molecule has 0 aliphatic heterocycles. The van der Waals surface area contributed by atoms with Crippen molar-refractivity contribution in [3.8, 4) is 5.75 Å². The van der Waals surface area contributed by atoms with Gasteiger partial charge in [-0.25, -0.2) is 4.79 Å². The number of hydrogen-bond donors (Lipinski definition) is 1. The van der Waals surface area contributed by atoms with Crippen LogP contribution in [0.2, 0.25) is 5.02 Å². The summed E-state index contributed by atoms with van der Waals surface area (Å²) in [5.74, 6) is -1.19. The van der Waals surface area contributed by atoms with E-state index in [9.17, 15) is 14.7 Å². The van der Waals surface area contributed by atoms with E-state index in [4.69, 9.17) is 16.3 Å². The first-order valence-corrected chi connectivity index (χ1v) is 10.9. The van der Waals surface area contributed by atoms with E-state index in [1.807, 2.05) is 18.7 Å². The van der Waals surface area contributed by atoms with Crippen molar-refractivity contribution in [1.29, 1.82) is 0 Å². The van der Waals surface area contributed by atoms with Crippen molar-refractivity contribution in [2.45, 2.75) is 46.5 Å². The third-order valence-corrected chi connectivity index (χ3v) is 5.34. The van der Waals surface area contributed by atoms with E-state index in [0.717, 1.165) is 38.8 Å². The highest BCUT2D eigenvalue weighted by atomic mass is 35.5. The molecule has 0 aromatic heterocycles. The van der Waals surface area contributed by atoms with Crippen LogP contribution in [-0.2, 0) is 4.74 Å². The first-order valence-electron chi connectivity index (χ1n) is 10.5. The molecule has 30 heavy (non-hydrogen) atoms. The van der Waals surface area contributed by atoms with Gasteiger partial charge in [-0.15, -0.1) is 0 Å². The van der Waals surface area contributed by atoms with Crippen LogP contribution in [0.3, 0.4) is 0 Å². The van der Waals surface area contributed by atoms with Crippen molar-refractivity contribution < 1.29 is 19.4 Å². The molecule has 0 saturated carbocycles. The first-order chi connectivity index (χ1) is 14.4. The lowest BCUT2D eigenvalue weighted by molar-refractivity contribution is 0.0495. The molecule has 2 aromatic carbocycles. The summed E-state index contributed by atoms with van der Waals surface area (Å²) in [5.41, 5.74) is 1.08. The largest absolute Gasteiger partial charge is 0.507 e. The van der Waals surface area contributed by atoms with Gasteiger partial charge in [0.05, 0.1) is 28.4 Å². The number of carbonyl (C=O) groups is 2. The summed E-state index contributed by atoms with van der Waals surface area (Å²) in [5, 5.41) is 10.9. The molecule has 6 heteroatoms. The van der Waals surface area contributed by atoms with Gasteiger partial charge in [-0.3, -0.25) is 4.79 Å². The van der Waals surface area contributed by atoms with Gasteiger partial charge >= 0.3 is 5.97 Å². The van der Waals surface area contributed by atoms with Crippen molar-refractivity contribution in [1.82, 2.24) is 0 Å². The van der Waals surface area contributed by atoms with Crippen LogP contribution in [0, 0.1) is 0 Å². The van der Waals surface area contributed by atoms with E-state index in [1.54, 1.807) is 24.3 Å². The smallest absolute Gasteiger partial charge is 0.338 e. The number of anilines is 1. The molecule has 0 bridgehead atoms. The van der Waals surface area contributed by atoms with Gasteiger partial charge in [0.2, 0.25) is 0 Å². The van der Waals surface area contributed by atoms with Gasteiger partial charge in [0, 0.05) is 24.7 Å². The minimum absolute atomic E-state index is 0.0547. The number of phenolic OH excluding ortho intramolecular Hbond substituents is 1. The van der Waals surface area contributed by atoms with Crippen LogP contribution >= 0.6 is 11.6 Å². The summed E-state index contributed by atoms with van der Waals surface area (Å²) < 4.78 is 5.35. The molecule has 0 atom stereocenters. The van der Waals surface area contributed by atoms with Crippen LogP contribution in [0.1, 0.15) is 72.7 Å². The fourth-order valence-corrected chi connectivity index (χ4v) is 3.60. The number of carbonyl (C=O) groups excluding carboxylic acids is 2. The highest BCUT2D eigenvalue weighted by molar-refractivity contribution is 6.34. The molecule has 0 heterocycles. The number of benzene rings is 2. The van der Waals surface area contributed by atoms with Crippen molar-refractivity contribution in [2.75, 3.05) is 24.6 Å². The van der Waals surface area contributed by atoms with Crippen LogP contribution < -0.4 is 4.90 Å². The van der Waals surface area contributed by atoms with E-state index in [-0.39, 0.29) is 22.4 Å². The van der Waals surface area contributed by atoms with Gasteiger partial charge in [-0.1, -0.05) is 56.0 Å². The maximum atomic E-state index is 13.1. The number of unbranched alkanes of at least 4 members (excludes halogenated alkanes) is 3. The fraction of sp³-hybridized carbons (Fsp3) is 0.417. The Labute approximate surface area is 183 Å². The molecule has 2 rings (SSSR count). The molecular formula is C24H30ClNO4. The van der Waals surface area contributed by atoms with E-state index in [1.165, 1.54) is 12.1 Å². The van der Waals surface area contributed by atoms with Gasteiger partial charge < -0.3 is 14.7 Å². The average molecular weight is 432 g/mol. The summed E-state index contributed by atoms with van der Waals surface area (Å²) in [7, 11) is 0. The number of ether oxygens (including phenoxy) is 1. The van der Waals surface area contributed by atoms with Crippen molar-refractivity contribution in [3.05, 3.63) is 58.1 Å². The monoisotopic (exact) mass is 431 g/mol. The van der Waals surface area contributed by atoms with Crippen molar-refractivity contribution >= 4 is 29.0 Å². The van der Waals surface area contributed by atoms with Crippen LogP contribution in [0.15, 0.2) is 36.4 Å². The summed E-state index contributed by atoms with van der Waals surface area (Å²) in [4.78, 5) is 27.7. The quantitative estimate of drug-likeness (QED) is 0.274. The van der Waals surface area contributed by atoms with Gasteiger partial charge in [0.25, 0.3) is 0 Å². The number of phenols is 1. The molecule has 0 spiro atoms. The molecule has 2 aromatic rings. The van der Waals surface area contributed by atoms with Crippen molar-refractivity contribution in [3.63, 3.8) is 0 Å². The Bertz CT molecular complexity index is 878. The first kappa shape index (κ1) is 23.7. The Morgan fingerprint density at radius 2 is 1.63 bits per heavy atom. The minimum Gasteiger partial charge on any atom is -0.507 e. The number of aromatic hydroxyl groups is 1. The lowest BCUT2D eigenvalue weighted by Crippen LogP contribution is -2.22. The number of esters is 1. The van der Waals surface area contributed by atoms with E-state index >= 15 is 0 Å². The zero-order chi connectivity index (χ0) is 22.1. The topological polar surface area (TPSA) is 66.8 Å². The molecule has 0 saturated heterocycles. The lowest BCUT2D eigenvalue weighted by Gasteiger charge is -2.23. The Morgan fingerprint density at radius 3 is 2.27 bits per heavy atom. The van der Waals surface area contributed by atoms with Gasteiger partial charge in [-0.2, -0.15) is 0 Å². The van der Waals surface area contributed by atoms with Gasteiger partial charge in [-0.05, 0) is 32.4 Å². The van der Waals surface area contributed by atoms with E-state index < -0.39 is 11.8 Å². The molecule has 0 fully saturated rings. The van der Waals surface area contributed by atoms with Crippen LogP contribution in [0.5, 0.6) is 5.75 Å². The third-order valence-electron chi connectivity index (χ3n) is 5.04. The lowest BCUT2D eigenvalue weighted by atomic mass is 9.97. The number of ketones is 1. The highest BCUT2D eigenvalue weighted by Gasteiger charge is 2.23. The standard InChI is InChI=1S/C24H30ClNO4/c1-4-7-8-11-14-30-24(29)18-13-10-9-12-17(18)23(28)19-15-20(25)21(16-22(19)27)26(5-2)6-3/h9-10,12-13,15-16,27H,4-8,11,14H2,1-3H3. The Balaban J connectivity index is 2.27. The number of halogens is 1. The second kappa shape index (κ2) is 11.6. The van der Waals surface area contributed by atoms with E-state index in [2.05, 4.69) is 6.92 Å². The maximum Gasteiger partial charge on any atom is 0.338 e. The normalized spacial score (nSPS) is 10.7. The molecule has 0 radical (unpaired) electrons. The predicted molar refractivity (Wildman–Crippen MR) is 121 cm³/mol. The summed E-state index contributed by atoms with van der Waals surface area (Å²) in [6.07, 6.45) is 3.98. The molecule has 0 aliphatic carbocycles. The van der Waals surface area contributed by atoms with Crippen LogP contribution in [0.25, 0.3) is 0 Å². The SMILES string of the molecule is CCCCCCOC(=O)c1ccccc1C(=O)c1cc(Cl)c(N(CC)CC)cc1O. The van der Waals surface area contributed by atoms with Gasteiger partial charge in [0.15, 0.2) is 5.78 Å². The minimum atomic E-state index is -0.541. The molecule has 0 amide bonds. The van der Waals surface area contributed by atoms with Gasteiger partial charge in [0.1, 0.15) is 5.75 Å². The molecule has 0 unspecified atom stereocenters. The molecule has 0 aliphatic rings. The molecule has 1 N–H and O–H groups in total. The number of nitrogens with zero attached hydrogens (tertiary/aromatic N) is 1. The van der Waals surface area contributed by atoms with Crippen LogP contribution in [-0.4, -0.2) is 36.6 Å². The summed E-state index contributed by atoms with van der Waals surface area (Å²) in [6, 6.07) is 9.43. The fourth-order valence-electron chi connectivity index (χ4n) is 3.31. The number of hydrogen-bond acceptors (Lipinski definition) is 5. The second-order valence-corrected chi connectivity index (χ2v) is 7.47. The Kier molecular flexibility index (Phi) is 9.18. The Morgan fingerprint density at radius 1 is 0.967 bits per heavy atom. The predicted octanol–water partition coefficient (Wildman–Crippen LogP) is 5.86. The summed E-state index contributed by atoms with van der Waals surface area (Å²) in [6.45, 7) is 7.84. The van der Waals surface area contributed by atoms with E-state index in [0.29, 0.717) is 17.3 Å². The molecule has 162 valence electrons. The maximum absolute atomic E-state index is 13.1. The second-order valence-electron chi connectivity index (χ2n) is 7.06. The third kappa shape index (κ3) is 5.76. The zero-order valence-corrected chi connectivity index (χ0v) is 18.7. The molecular weight excluding hydrogens is 402 g/mol. The molecule has 5 nitrogen and oxygen atoms in total.